The van der Waals surface area contributed by atoms with Gasteiger partial charge in [0.15, 0.2) is 0 Å². The highest BCUT2D eigenvalue weighted by molar-refractivity contribution is 5.94. The molecule has 4 N–H and O–H groups in total. The van der Waals surface area contributed by atoms with Gasteiger partial charge in [0.1, 0.15) is 11.8 Å². The van der Waals surface area contributed by atoms with Crippen molar-refractivity contribution in [3.05, 3.63) is 47.5 Å². The molecule has 0 unspecified atom stereocenters. The van der Waals surface area contributed by atoms with Crippen LogP contribution in [0.2, 0.25) is 0 Å². The van der Waals surface area contributed by atoms with E-state index in [-0.39, 0.29) is 11.3 Å². The van der Waals surface area contributed by atoms with E-state index in [1.54, 1.807) is 24.3 Å². The number of hydrogen-bond acceptors (Lipinski definition) is 5. The number of carboxylic acid groups (broad SMARTS) is 1. The highest BCUT2D eigenvalue weighted by atomic mass is 16.5. The molecule has 2 rings (SSSR count). The fourth-order valence-electron chi connectivity index (χ4n) is 1.90. The number of benzene rings is 2. The molecule has 0 saturated carbocycles. The number of nitrogens with one attached hydrogen (secondary N) is 1. The number of carboxylic acids is 1. The van der Waals surface area contributed by atoms with Gasteiger partial charge >= 0.3 is 5.97 Å². The number of nitrogen functional groups attached to an aromatic ring is 1. The predicted octanol–water partition coefficient (Wildman–Crippen LogP) is 2.59. The Hall–Kier alpha value is -3.20. The maximum atomic E-state index is 10.9. The second-order valence-corrected chi connectivity index (χ2v) is 4.23. The van der Waals surface area contributed by atoms with E-state index < -0.39 is 5.97 Å². The van der Waals surface area contributed by atoms with E-state index in [2.05, 4.69) is 11.4 Å². The Labute approximate surface area is 121 Å². The number of nitriles is 1. The minimum atomic E-state index is -1.09. The van der Waals surface area contributed by atoms with Crippen molar-refractivity contribution in [3.8, 4) is 11.8 Å². The molecule has 0 heterocycles. The van der Waals surface area contributed by atoms with Gasteiger partial charge in [0.2, 0.25) is 0 Å². The van der Waals surface area contributed by atoms with Crippen LogP contribution >= 0.6 is 0 Å². The van der Waals surface area contributed by atoms with Crippen LogP contribution in [0.4, 0.5) is 17.1 Å². The molecule has 0 atom stereocenters. The van der Waals surface area contributed by atoms with Crippen LogP contribution in [0.5, 0.6) is 5.75 Å². The van der Waals surface area contributed by atoms with Gasteiger partial charge in [0, 0.05) is 11.4 Å². The first-order valence-electron chi connectivity index (χ1n) is 6.03. The lowest BCUT2D eigenvalue weighted by Crippen LogP contribution is -2.03. The summed E-state index contributed by atoms with van der Waals surface area (Å²) in [6.45, 7) is 0. The monoisotopic (exact) mass is 283 g/mol. The van der Waals surface area contributed by atoms with Crippen molar-refractivity contribution >= 4 is 23.0 Å². The van der Waals surface area contributed by atoms with Crippen molar-refractivity contribution in [3.63, 3.8) is 0 Å². The summed E-state index contributed by atoms with van der Waals surface area (Å²) in [6, 6.07) is 11.6. The molecule has 6 nitrogen and oxygen atoms in total. The zero-order chi connectivity index (χ0) is 15.4. The number of anilines is 3. The Bertz CT molecular complexity index is 735. The van der Waals surface area contributed by atoms with E-state index >= 15 is 0 Å². The van der Waals surface area contributed by atoms with Crippen LogP contribution in [0.15, 0.2) is 36.4 Å². The number of methoxy groups -OCH3 is 1. The van der Waals surface area contributed by atoms with E-state index in [1.165, 1.54) is 19.2 Å². The van der Waals surface area contributed by atoms with Crippen LogP contribution in [-0.4, -0.2) is 18.2 Å². The number of ether oxygens (including phenoxy) is 1. The summed E-state index contributed by atoms with van der Waals surface area (Å²) in [7, 11) is 1.50. The van der Waals surface area contributed by atoms with Crippen LogP contribution in [-0.2, 0) is 0 Å². The van der Waals surface area contributed by atoms with Crippen LogP contribution in [0.25, 0.3) is 0 Å². The lowest BCUT2D eigenvalue weighted by atomic mass is 10.1. The zero-order valence-electron chi connectivity index (χ0n) is 11.3. The SMILES string of the molecule is COc1cccc(C#N)c1Nc1ccc(C(=O)O)c(N)c1. The molecule has 0 amide bonds. The van der Waals surface area contributed by atoms with E-state index in [9.17, 15) is 4.79 Å². The second kappa shape index (κ2) is 5.84. The topological polar surface area (TPSA) is 108 Å². The van der Waals surface area contributed by atoms with Crippen molar-refractivity contribution in [2.45, 2.75) is 0 Å². The molecule has 0 bridgehead atoms. The number of rotatable bonds is 4. The molecule has 0 aliphatic heterocycles. The third-order valence-corrected chi connectivity index (χ3v) is 2.92. The molecule has 2 aromatic rings. The lowest BCUT2D eigenvalue weighted by molar-refractivity contribution is 0.0698. The zero-order valence-corrected chi connectivity index (χ0v) is 11.3. The van der Waals surface area contributed by atoms with Gasteiger partial charge in [-0.2, -0.15) is 5.26 Å². The Morgan fingerprint density at radius 3 is 2.71 bits per heavy atom. The summed E-state index contributed by atoms with van der Waals surface area (Å²) in [5.74, 6) is -0.580. The van der Waals surface area contributed by atoms with Crippen LogP contribution in [0.3, 0.4) is 0 Å². The molecular weight excluding hydrogens is 270 g/mol. The van der Waals surface area contributed by atoms with Crippen molar-refractivity contribution in [2.75, 3.05) is 18.2 Å². The largest absolute Gasteiger partial charge is 0.495 e. The Balaban J connectivity index is 2.41. The Morgan fingerprint density at radius 1 is 1.38 bits per heavy atom. The number of hydrogen-bond donors (Lipinski definition) is 3. The van der Waals surface area contributed by atoms with Crippen molar-refractivity contribution in [1.82, 2.24) is 0 Å². The summed E-state index contributed by atoms with van der Waals surface area (Å²) in [6.07, 6.45) is 0. The molecule has 0 aliphatic rings. The molecule has 0 fully saturated rings. The maximum absolute atomic E-state index is 10.9. The van der Waals surface area contributed by atoms with Crippen molar-refractivity contribution in [2.24, 2.45) is 0 Å². The van der Waals surface area contributed by atoms with Gasteiger partial charge in [-0.25, -0.2) is 4.79 Å². The van der Waals surface area contributed by atoms with E-state index in [1.807, 2.05) is 0 Å². The van der Waals surface area contributed by atoms with Gasteiger partial charge in [0.05, 0.1) is 23.9 Å². The van der Waals surface area contributed by atoms with Gasteiger partial charge in [0.25, 0.3) is 0 Å². The highest BCUT2D eigenvalue weighted by Crippen LogP contribution is 2.31. The van der Waals surface area contributed by atoms with Crippen LogP contribution in [0, 0.1) is 11.3 Å². The van der Waals surface area contributed by atoms with Gasteiger partial charge in [-0.15, -0.1) is 0 Å². The Kier molecular flexibility index (Phi) is 3.95. The number of nitrogens with zero attached hydrogens (tertiary/aromatic N) is 1. The number of nitrogens with two attached hydrogens (primary N) is 1. The molecule has 0 aliphatic carbocycles. The summed E-state index contributed by atoms with van der Waals surface area (Å²) in [5, 5.41) is 21.1. The minimum Gasteiger partial charge on any atom is -0.495 e. The maximum Gasteiger partial charge on any atom is 0.337 e. The van der Waals surface area contributed by atoms with Gasteiger partial charge in [-0.05, 0) is 30.3 Å². The molecule has 0 spiro atoms. The average Bonchev–Trinajstić information content (AvgIpc) is 2.47. The summed E-state index contributed by atoms with van der Waals surface area (Å²) in [5.41, 5.74) is 7.35. The summed E-state index contributed by atoms with van der Waals surface area (Å²) in [4.78, 5) is 10.9. The van der Waals surface area contributed by atoms with E-state index in [0.29, 0.717) is 22.7 Å². The first-order chi connectivity index (χ1) is 10.1. The van der Waals surface area contributed by atoms with Crippen LogP contribution in [0.1, 0.15) is 15.9 Å². The van der Waals surface area contributed by atoms with Gasteiger partial charge in [-0.3, -0.25) is 0 Å². The number of aromatic carboxylic acids is 1. The minimum absolute atomic E-state index is 0.0288. The average molecular weight is 283 g/mol. The van der Waals surface area contributed by atoms with E-state index in [0.717, 1.165) is 0 Å². The molecule has 0 saturated heterocycles. The molecule has 21 heavy (non-hydrogen) atoms. The fraction of sp³-hybridized carbons (Fsp3) is 0.0667. The normalized spacial score (nSPS) is 9.71. The standard InChI is InChI=1S/C15H13N3O3/c1-21-13-4-2-3-9(8-16)14(13)18-10-5-6-11(15(19)20)12(17)7-10/h2-7,18H,17H2,1H3,(H,19,20). The van der Waals surface area contributed by atoms with Crippen molar-refractivity contribution in [1.29, 1.82) is 5.26 Å². The molecule has 106 valence electrons. The van der Waals surface area contributed by atoms with E-state index in [4.69, 9.17) is 20.8 Å². The summed E-state index contributed by atoms with van der Waals surface area (Å²) < 4.78 is 5.21. The molecular formula is C15H13N3O3. The molecule has 0 aromatic heterocycles. The smallest absolute Gasteiger partial charge is 0.337 e. The first-order valence-corrected chi connectivity index (χ1v) is 6.03. The van der Waals surface area contributed by atoms with Gasteiger partial charge < -0.3 is 20.9 Å². The molecule has 2 aromatic carbocycles. The second-order valence-electron chi connectivity index (χ2n) is 4.23. The lowest BCUT2D eigenvalue weighted by Gasteiger charge is -2.13. The fourth-order valence-corrected chi connectivity index (χ4v) is 1.90. The highest BCUT2D eigenvalue weighted by Gasteiger charge is 2.12. The molecule has 0 radical (unpaired) electrons. The third kappa shape index (κ3) is 2.87. The first kappa shape index (κ1) is 14.2. The predicted molar refractivity (Wildman–Crippen MR) is 78.8 cm³/mol. The quantitative estimate of drug-likeness (QED) is 0.744. The third-order valence-electron chi connectivity index (χ3n) is 2.92. The summed E-state index contributed by atoms with van der Waals surface area (Å²) >= 11 is 0. The number of para-hydroxylation sites is 1. The number of carbonyl (C=O) groups is 1. The van der Waals surface area contributed by atoms with Crippen LogP contribution < -0.4 is 15.8 Å². The van der Waals surface area contributed by atoms with Gasteiger partial charge in [-0.1, -0.05) is 6.07 Å². The van der Waals surface area contributed by atoms with Crippen molar-refractivity contribution < 1.29 is 14.6 Å². The molecule has 6 heteroatoms. The Morgan fingerprint density at radius 2 is 2.14 bits per heavy atom.